The number of methoxy groups -OCH3 is 1. The first-order chi connectivity index (χ1) is 13.7. The molecule has 3 aromatic rings. The number of aromatic nitrogens is 1. The van der Waals surface area contributed by atoms with Crippen LogP contribution in [0.3, 0.4) is 0 Å². The van der Waals surface area contributed by atoms with Gasteiger partial charge in [-0.25, -0.2) is 9.59 Å². The number of carboxylic acids is 1. The van der Waals surface area contributed by atoms with Crippen LogP contribution < -0.4 is 4.74 Å². The molecule has 7 heteroatoms. The molecule has 1 heterocycles. The monoisotopic (exact) mass is 415 g/mol. The summed E-state index contributed by atoms with van der Waals surface area (Å²) in [7, 11) is 1.30. The van der Waals surface area contributed by atoms with Crippen molar-refractivity contribution >= 4 is 34.4 Å². The number of fused-ring (bicyclic) bond motifs is 1. The lowest BCUT2D eigenvalue weighted by Gasteiger charge is -2.16. The molecule has 0 saturated carbocycles. The average molecular weight is 416 g/mol. The normalized spacial score (nSPS) is 12.0. The zero-order valence-corrected chi connectivity index (χ0v) is 17.4. The van der Waals surface area contributed by atoms with E-state index in [4.69, 9.17) is 21.1 Å². The number of hydrogen-bond donors (Lipinski definition) is 1. The van der Waals surface area contributed by atoms with Gasteiger partial charge in [0.2, 0.25) is 0 Å². The number of aromatic carboxylic acids is 1. The van der Waals surface area contributed by atoms with Crippen molar-refractivity contribution in [1.82, 2.24) is 4.57 Å². The lowest BCUT2D eigenvalue weighted by atomic mass is 10.1. The third-order valence-electron chi connectivity index (χ3n) is 5.09. The molecule has 0 aliphatic rings. The Bertz CT molecular complexity index is 1100. The Hall–Kier alpha value is -2.99. The Morgan fingerprint density at radius 3 is 2.59 bits per heavy atom. The van der Waals surface area contributed by atoms with Crippen LogP contribution in [0.2, 0.25) is 5.02 Å². The second-order valence-corrected chi connectivity index (χ2v) is 7.22. The second-order valence-electron chi connectivity index (χ2n) is 6.85. The Labute approximate surface area is 173 Å². The van der Waals surface area contributed by atoms with Crippen molar-refractivity contribution < 1.29 is 24.2 Å². The maximum absolute atomic E-state index is 11.6. The largest absolute Gasteiger partial charge is 0.478 e. The lowest BCUT2D eigenvalue weighted by molar-refractivity contribution is -0.147. The molecule has 2 aromatic carbocycles. The number of hydrogen-bond acceptors (Lipinski definition) is 4. The summed E-state index contributed by atoms with van der Waals surface area (Å²) in [5, 5.41) is 10.6. The van der Waals surface area contributed by atoms with Crippen LogP contribution in [-0.4, -0.2) is 34.8 Å². The van der Waals surface area contributed by atoms with Gasteiger partial charge in [-0.3, -0.25) is 0 Å². The van der Waals surface area contributed by atoms with E-state index in [-0.39, 0.29) is 5.56 Å². The highest BCUT2D eigenvalue weighted by molar-refractivity contribution is 6.32. The molecule has 3 rings (SSSR count). The third-order valence-corrected chi connectivity index (χ3v) is 5.52. The van der Waals surface area contributed by atoms with Gasteiger partial charge >= 0.3 is 11.9 Å². The molecule has 0 amide bonds. The Kier molecular flexibility index (Phi) is 5.84. The molecule has 152 valence electrons. The van der Waals surface area contributed by atoms with Gasteiger partial charge in [0.05, 0.1) is 17.7 Å². The number of nitrogens with zero attached hydrogens (tertiary/aromatic N) is 1. The highest BCUT2D eigenvalue weighted by Crippen LogP contribution is 2.32. The summed E-state index contributed by atoms with van der Waals surface area (Å²) in [6.45, 7) is 6.04. The first-order valence-corrected chi connectivity index (χ1v) is 9.47. The number of benzene rings is 2. The fraction of sp³-hybridized carbons (Fsp3) is 0.273. The van der Waals surface area contributed by atoms with Crippen LogP contribution in [0.25, 0.3) is 10.9 Å². The van der Waals surface area contributed by atoms with E-state index in [1.54, 1.807) is 25.1 Å². The van der Waals surface area contributed by atoms with Crippen LogP contribution in [0.15, 0.2) is 36.4 Å². The first-order valence-electron chi connectivity index (χ1n) is 9.09. The van der Waals surface area contributed by atoms with Crippen LogP contribution in [0.4, 0.5) is 0 Å². The highest BCUT2D eigenvalue weighted by Gasteiger charge is 2.19. The summed E-state index contributed by atoms with van der Waals surface area (Å²) >= 11 is 6.56. The van der Waals surface area contributed by atoms with E-state index in [0.717, 1.165) is 27.7 Å². The van der Waals surface area contributed by atoms with Crippen LogP contribution in [0.5, 0.6) is 5.75 Å². The van der Waals surface area contributed by atoms with Gasteiger partial charge in [-0.2, -0.15) is 0 Å². The van der Waals surface area contributed by atoms with E-state index in [0.29, 0.717) is 17.3 Å². The minimum Gasteiger partial charge on any atom is -0.478 e. The molecule has 1 aromatic heterocycles. The Balaban J connectivity index is 1.99. The van der Waals surface area contributed by atoms with E-state index in [9.17, 15) is 14.7 Å². The minimum atomic E-state index is -0.954. The predicted octanol–water partition coefficient (Wildman–Crippen LogP) is 4.60. The number of carboxylic acid groups (broad SMARTS) is 1. The summed E-state index contributed by atoms with van der Waals surface area (Å²) < 4.78 is 12.4. The molecule has 1 N–H and O–H groups in total. The number of aryl methyl sites for hydroxylation is 1. The van der Waals surface area contributed by atoms with E-state index in [2.05, 4.69) is 4.57 Å². The van der Waals surface area contributed by atoms with Gasteiger partial charge in [0.15, 0.2) is 6.10 Å². The zero-order valence-electron chi connectivity index (χ0n) is 16.7. The maximum Gasteiger partial charge on any atom is 0.346 e. The molecule has 0 radical (unpaired) electrons. The van der Waals surface area contributed by atoms with Crippen molar-refractivity contribution in [3.8, 4) is 5.75 Å². The molecule has 6 nitrogen and oxygen atoms in total. The Morgan fingerprint density at radius 1 is 1.21 bits per heavy atom. The van der Waals surface area contributed by atoms with E-state index in [1.165, 1.54) is 7.11 Å². The molecule has 0 spiro atoms. The number of halogens is 1. The average Bonchev–Trinajstić information content (AvgIpc) is 2.94. The summed E-state index contributed by atoms with van der Waals surface area (Å²) in [6, 6.07) is 10.5. The number of rotatable bonds is 6. The van der Waals surface area contributed by atoms with Gasteiger partial charge in [-0.15, -0.1) is 0 Å². The van der Waals surface area contributed by atoms with Gasteiger partial charge in [0.25, 0.3) is 0 Å². The number of carbonyl (C=O) groups is 2. The van der Waals surface area contributed by atoms with Gasteiger partial charge < -0.3 is 19.1 Å². The second kappa shape index (κ2) is 8.17. The van der Waals surface area contributed by atoms with Crippen molar-refractivity contribution in [3.05, 3.63) is 63.8 Å². The molecule has 0 aliphatic heterocycles. The molecular formula is C22H22ClNO5. The van der Waals surface area contributed by atoms with Crippen LogP contribution in [-0.2, 0) is 16.1 Å². The van der Waals surface area contributed by atoms with Crippen molar-refractivity contribution in [2.24, 2.45) is 0 Å². The van der Waals surface area contributed by atoms with E-state index >= 15 is 0 Å². The quantitative estimate of drug-likeness (QED) is 0.595. The van der Waals surface area contributed by atoms with Crippen molar-refractivity contribution in [2.75, 3.05) is 7.11 Å². The molecule has 0 bridgehead atoms. The molecule has 0 aliphatic carbocycles. The number of esters is 1. The Morgan fingerprint density at radius 2 is 1.93 bits per heavy atom. The number of ether oxygens (including phenoxy) is 2. The summed E-state index contributed by atoms with van der Waals surface area (Å²) in [4.78, 5) is 22.9. The smallest absolute Gasteiger partial charge is 0.346 e. The predicted molar refractivity (Wildman–Crippen MR) is 111 cm³/mol. The third kappa shape index (κ3) is 3.93. The van der Waals surface area contributed by atoms with Gasteiger partial charge in [-0.05, 0) is 56.2 Å². The topological polar surface area (TPSA) is 77.8 Å². The summed E-state index contributed by atoms with van der Waals surface area (Å²) in [5.41, 5.74) is 4.04. The molecule has 1 atom stereocenters. The van der Waals surface area contributed by atoms with Crippen LogP contribution in [0, 0.1) is 13.8 Å². The SMILES string of the molecule is COC(=O)[C@@H](C)Oc1cccc(Cn2c(C)c(C)c3cc(C(=O)O)ccc32)c1Cl. The first kappa shape index (κ1) is 20.7. The summed E-state index contributed by atoms with van der Waals surface area (Å²) in [5.74, 6) is -1.03. The molecule has 0 fully saturated rings. The molecule has 29 heavy (non-hydrogen) atoms. The van der Waals surface area contributed by atoms with Crippen molar-refractivity contribution in [1.29, 1.82) is 0 Å². The highest BCUT2D eigenvalue weighted by atomic mass is 35.5. The van der Waals surface area contributed by atoms with Crippen LogP contribution in [0.1, 0.15) is 34.1 Å². The van der Waals surface area contributed by atoms with Gasteiger partial charge in [-0.1, -0.05) is 23.7 Å². The van der Waals surface area contributed by atoms with Crippen molar-refractivity contribution in [2.45, 2.75) is 33.4 Å². The molecular weight excluding hydrogens is 394 g/mol. The number of carbonyl (C=O) groups excluding carboxylic acids is 1. The van der Waals surface area contributed by atoms with Crippen LogP contribution >= 0.6 is 11.6 Å². The minimum absolute atomic E-state index is 0.253. The fourth-order valence-corrected chi connectivity index (χ4v) is 3.56. The zero-order chi connectivity index (χ0) is 21.3. The fourth-order valence-electron chi connectivity index (χ4n) is 3.33. The maximum atomic E-state index is 11.6. The van der Waals surface area contributed by atoms with E-state index < -0.39 is 18.0 Å². The summed E-state index contributed by atoms with van der Waals surface area (Å²) in [6.07, 6.45) is -0.779. The molecule has 0 saturated heterocycles. The standard InChI is InChI=1S/C22H22ClNO5/c1-12-13(2)24(18-9-8-15(21(25)26)10-17(12)18)11-16-6-5-7-19(20(16)23)29-14(3)22(27)28-4/h5-10,14H,11H2,1-4H3,(H,25,26)/t14-/m1/s1. The van der Waals surface area contributed by atoms with Gasteiger partial charge in [0.1, 0.15) is 5.75 Å². The van der Waals surface area contributed by atoms with E-state index in [1.807, 2.05) is 32.0 Å². The van der Waals surface area contributed by atoms with Gasteiger partial charge in [0, 0.05) is 23.1 Å². The van der Waals surface area contributed by atoms with Crippen molar-refractivity contribution in [3.63, 3.8) is 0 Å². The lowest BCUT2D eigenvalue weighted by Crippen LogP contribution is -2.25. The molecule has 0 unspecified atom stereocenters.